The topological polar surface area (TPSA) is 131 Å². The van der Waals surface area contributed by atoms with Crippen LogP contribution in [0.5, 0.6) is 0 Å². The molecule has 0 heterocycles. The molecule has 90 valence electrons. The van der Waals surface area contributed by atoms with E-state index in [1.165, 1.54) is 7.11 Å². The fourth-order valence-electron chi connectivity index (χ4n) is 0.849. The Labute approximate surface area is 88.7 Å². The highest BCUT2D eigenvalue weighted by Crippen LogP contribution is 1.97. The lowest BCUT2D eigenvalue weighted by Crippen LogP contribution is -2.40. The van der Waals surface area contributed by atoms with Crippen molar-refractivity contribution in [2.75, 3.05) is 26.8 Å². The Kier molecular flexibility index (Phi) is 6.17. The molecule has 0 radical (unpaired) electrons. The van der Waals surface area contributed by atoms with Gasteiger partial charge in [0.25, 0.3) is 10.2 Å². The summed E-state index contributed by atoms with van der Waals surface area (Å²) in [6.07, 6.45) is 0.108. The van der Waals surface area contributed by atoms with Gasteiger partial charge in [-0.1, -0.05) is 5.16 Å². The Morgan fingerprint density at radius 1 is 1.53 bits per heavy atom. The zero-order chi connectivity index (χ0) is 11.9. The summed E-state index contributed by atoms with van der Waals surface area (Å²) in [5.74, 6) is -0.0546. The van der Waals surface area contributed by atoms with E-state index in [1.807, 2.05) is 0 Å². The van der Waals surface area contributed by atoms with Gasteiger partial charge in [0.05, 0.1) is 6.61 Å². The molecule has 0 amide bonds. The summed E-state index contributed by atoms with van der Waals surface area (Å²) in [5.41, 5.74) is 5.20. The first-order chi connectivity index (χ1) is 6.91. The van der Waals surface area contributed by atoms with Gasteiger partial charge in [-0.05, 0) is 0 Å². The molecule has 0 saturated carbocycles. The fraction of sp³-hybridized carbons (Fsp3) is 0.833. The Morgan fingerprint density at radius 3 is 2.53 bits per heavy atom. The minimum Gasteiger partial charge on any atom is -0.409 e. The number of oxime groups is 1. The van der Waals surface area contributed by atoms with Gasteiger partial charge >= 0.3 is 0 Å². The van der Waals surface area contributed by atoms with Crippen LogP contribution >= 0.6 is 0 Å². The van der Waals surface area contributed by atoms with E-state index in [-0.39, 0.29) is 32.0 Å². The summed E-state index contributed by atoms with van der Waals surface area (Å²) < 4.78 is 27.8. The lowest BCUT2D eigenvalue weighted by atomic mass is 10.4. The Balaban J connectivity index is 4.27. The van der Waals surface area contributed by atoms with Crippen molar-refractivity contribution in [1.82, 2.24) is 4.31 Å². The van der Waals surface area contributed by atoms with Crippen LogP contribution in [0.25, 0.3) is 0 Å². The van der Waals surface area contributed by atoms with Crippen molar-refractivity contribution >= 4 is 16.0 Å². The third kappa shape index (κ3) is 6.23. The smallest absolute Gasteiger partial charge is 0.276 e. The molecule has 0 aromatic rings. The summed E-state index contributed by atoms with van der Waals surface area (Å²) in [7, 11) is -2.33. The van der Waals surface area contributed by atoms with Gasteiger partial charge in [0.2, 0.25) is 0 Å². The molecule has 15 heavy (non-hydrogen) atoms. The molecule has 0 bridgehead atoms. The molecule has 0 aromatic carbocycles. The van der Waals surface area contributed by atoms with E-state index in [4.69, 9.17) is 20.8 Å². The molecule has 0 aliphatic heterocycles. The Morgan fingerprint density at radius 2 is 2.13 bits per heavy atom. The van der Waals surface area contributed by atoms with Gasteiger partial charge < -0.3 is 15.7 Å². The van der Waals surface area contributed by atoms with Crippen LogP contribution in [0.1, 0.15) is 6.42 Å². The van der Waals surface area contributed by atoms with Crippen molar-refractivity contribution in [2.24, 2.45) is 16.0 Å². The quantitative estimate of drug-likeness (QED) is 0.211. The van der Waals surface area contributed by atoms with E-state index in [2.05, 4.69) is 5.16 Å². The third-order valence-corrected chi connectivity index (χ3v) is 2.74. The van der Waals surface area contributed by atoms with Crippen molar-refractivity contribution in [2.45, 2.75) is 6.42 Å². The van der Waals surface area contributed by atoms with Gasteiger partial charge in [0.15, 0.2) is 0 Å². The number of hydrogen-bond acceptors (Lipinski definition) is 5. The average molecular weight is 240 g/mol. The first kappa shape index (κ1) is 14.1. The number of hydrogen-bond donors (Lipinski definition) is 3. The van der Waals surface area contributed by atoms with Crippen LogP contribution < -0.4 is 10.9 Å². The molecule has 8 nitrogen and oxygen atoms in total. The standard InChI is InChI=1S/C6H16N4O4S/c1-14-5-4-10(15(8,12)13)3-2-6(7)9-11/h11H,2-5H2,1H3,(H2,7,9)(H2,8,12,13). The molecule has 0 atom stereocenters. The first-order valence-corrected chi connectivity index (χ1v) is 5.65. The number of nitrogens with two attached hydrogens (primary N) is 2. The van der Waals surface area contributed by atoms with Gasteiger partial charge in [-0.3, -0.25) is 0 Å². The molecule has 0 rings (SSSR count). The second-order valence-electron chi connectivity index (χ2n) is 2.78. The lowest BCUT2D eigenvalue weighted by Gasteiger charge is -2.18. The molecule has 0 saturated heterocycles. The number of amidine groups is 1. The zero-order valence-corrected chi connectivity index (χ0v) is 9.27. The number of methoxy groups -OCH3 is 1. The normalized spacial score (nSPS) is 13.4. The molecule has 5 N–H and O–H groups in total. The van der Waals surface area contributed by atoms with Crippen molar-refractivity contribution in [3.05, 3.63) is 0 Å². The number of ether oxygens (including phenoxy) is 1. The Bertz CT molecular complexity index is 302. The highest BCUT2D eigenvalue weighted by molar-refractivity contribution is 7.86. The first-order valence-electron chi connectivity index (χ1n) is 4.15. The van der Waals surface area contributed by atoms with Crippen molar-refractivity contribution in [3.8, 4) is 0 Å². The highest BCUT2D eigenvalue weighted by Gasteiger charge is 2.16. The maximum atomic E-state index is 11.0. The molecule has 0 aliphatic rings. The van der Waals surface area contributed by atoms with E-state index in [0.717, 1.165) is 4.31 Å². The van der Waals surface area contributed by atoms with Gasteiger partial charge in [-0.25, -0.2) is 5.14 Å². The third-order valence-electron chi connectivity index (χ3n) is 1.65. The average Bonchev–Trinajstić information content (AvgIpc) is 2.15. The summed E-state index contributed by atoms with van der Waals surface area (Å²) >= 11 is 0. The fourth-order valence-corrected chi connectivity index (χ4v) is 1.52. The largest absolute Gasteiger partial charge is 0.409 e. The molecule has 9 heteroatoms. The van der Waals surface area contributed by atoms with Crippen molar-refractivity contribution < 1.29 is 18.4 Å². The maximum Gasteiger partial charge on any atom is 0.276 e. The van der Waals surface area contributed by atoms with E-state index in [1.54, 1.807) is 0 Å². The van der Waals surface area contributed by atoms with Gasteiger partial charge in [0, 0.05) is 26.6 Å². The van der Waals surface area contributed by atoms with Crippen LogP contribution in [0, 0.1) is 0 Å². The molecule has 0 unspecified atom stereocenters. The van der Waals surface area contributed by atoms with Crippen LogP contribution in [0.4, 0.5) is 0 Å². The second-order valence-corrected chi connectivity index (χ2v) is 4.32. The predicted octanol–water partition coefficient (Wildman–Crippen LogP) is -1.73. The van der Waals surface area contributed by atoms with E-state index < -0.39 is 10.2 Å². The van der Waals surface area contributed by atoms with E-state index in [0.29, 0.717) is 0 Å². The van der Waals surface area contributed by atoms with Crippen LogP contribution in [-0.2, 0) is 14.9 Å². The molecular formula is C6H16N4O4S. The molecular weight excluding hydrogens is 224 g/mol. The number of nitrogens with zero attached hydrogens (tertiary/aromatic N) is 2. The summed E-state index contributed by atoms with van der Waals surface area (Å²) in [4.78, 5) is 0. The van der Waals surface area contributed by atoms with Crippen LogP contribution in [-0.4, -0.2) is 50.6 Å². The van der Waals surface area contributed by atoms with Crippen LogP contribution in [0.15, 0.2) is 5.16 Å². The lowest BCUT2D eigenvalue weighted by molar-refractivity contribution is 0.179. The summed E-state index contributed by atoms with van der Waals surface area (Å²) in [5, 5.41) is 15.9. The SMILES string of the molecule is COCCN(CCC(N)=NO)S(N)(=O)=O. The van der Waals surface area contributed by atoms with Crippen LogP contribution in [0.2, 0.25) is 0 Å². The number of rotatable bonds is 7. The summed E-state index contributed by atoms with van der Waals surface area (Å²) in [6, 6.07) is 0. The van der Waals surface area contributed by atoms with Gasteiger partial charge in [0.1, 0.15) is 5.84 Å². The monoisotopic (exact) mass is 240 g/mol. The maximum absolute atomic E-state index is 11.0. The Hall–Kier alpha value is -0.900. The van der Waals surface area contributed by atoms with E-state index >= 15 is 0 Å². The predicted molar refractivity (Wildman–Crippen MR) is 54.6 cm³/mol. The highest BCUT2D eigenvalue weighted by atomic mass is 32.2. The molecule has 0 aliphatic carbocycles. The molecule has 0 spiro atoms. The molecule has 0 aromatic heterocycles. The summed E-state index contributed by atoms with van der Waals surface area (Å²) in [6.45, 7) is 0.415. The van der Waals surface area contributed by atoms with Crippen molar-refractivity contribution in [1.29, 1.82) is 0 Å². The van der Waals surface area contributed by atoms with Crippen molar-refractivity contribution in [3.63, 3.8) is 0 Å². The van der Waals surface area contributed by atoms with Gasteiger partial charge in [-0.15, -0.1) is 0 Å². The molecule has 0 fully saturated rings. The van der Waals surface area contributed by atoms with Crippen LogP contribution in [0.3, 0.4) is 0 Å². The van der Waals surface area contributed by atoms with Gasteiger partial charge in [-0.2, -0.15) is 12.7 Å². The van der Waals surface area contributed by atoms with E-state index in [9.17, 15) is 8.42 Å². The zero-order valence-electron chi connectivity index (χ0n) is 8.46. The second kappa shape index (κ2) is 6.56. The minimum atomic E-state index is -3.78. The minimum absolute atomic E-state index is 0.0537.